The molecule has 9 nitrogen and oxygen atoms in total. The number of hydrogen-bond acceptors (Lipinski definition) is 6. The van der Waals surface area contributed by atoms with Gasteiger partial charge in [-0.2, -0.15) is 9.78 Å². The molecule has 3 rings (SSSR count). The van der Waals surface area contributed by atoms with Crippen LogP contribution in [0.4, 0.5) is 9.59 Å². The van der Waals surface area contributed by atoms with E-state index < -0.39 is 29.4 Å². The first-order valence-electron chi connectivity index (χ1n) is 10.5. The van der Waals surface area contributed by atoms with Gasteiger partial charge >= 0.3 is 18.2 Å². The van der Waals surface area contributed by atoms with E-state index in [1.807, 2.05) is 26.8 Å². The smallest absolute Gasteiger partial charge is 0.435 e. The summed E-state index contributed by atoms with van der Waals surface area (Å²) in [5.41, 5.74) is -0.0174. The van der Waals surface area contributed by atoms with Crippen LogP contribution in [-0.2, 0) is 9.47 Å². The Morgan fingerprint density at radius 2 is 1.64 bits per heavy atom. The number of carbonyl (C=O) groups is 3. The van der Waals surface area contributed by atoms with Gasteiger partial charge in [-0.05, 0) is 65.7 Å². The number of rotatable bonds is 2. The maximum atomic E-state index is 12.9. The van der Waals surface area contributed by atoms with Gasteiger partial charge in [0.05, 0.1) is 16.8 Å². The van der Waals surface area contributed by atoms with Crippen molar-refractivity contribution >= 4 is 50.6 Å². The summed E-state index contributed by atoms with van der Waals surface area (Å²) in [6, 6.07) is 3.16. The lowest BCUT2D eigenvalue weighted by Crippen LogP contribution is -2.39. The average molecular weight is 522 g/mol. The standard InChI is InChI=1S/C23H28BrN3O6/c1-22(2,3)32-20(30)26-9-7-13(8-10-26)17-15-11-14(24)12-16(19(28)29)18(15)27(25-17)21(31)33-23(4,5)6/h7,11-12H,8-10H2,1-6H3,(H,28,29). The second-order valence-corrected chi connectivity index (χ2v) is 10.7. The minimum absolute atomic E-state index is 0.0734. The van der Waals surface area contributed by atoms with E-state index >= 15 is 0 Å². The molecule has 1 aromatic carbocycles. The monoisotopic (exact) mass is 521 g/mol. The molecule has 0 atom stereocenters. The predicted molar refractivity (Wildman–Crippen MR) is 126 cm³/mol. The average Bonchev–Trinajstić information content (AvgIpc) is 3.04. The Balaban J connectivity index is 2.06. The van der Waals surface area contributed by atoms with E-state index in [0.29, 0.717) is 35.1 Å². The SMILES string of the molecule is CC(C)(C)OC(=O)N1CC=C(c2nn(C(=O)OC(C)(C)C)c3c(C(=O)O)cc(Br)cc23)CC1. The Morgan fingerprint density at radius 3 is 2.15 bits per heavy atom. The molecule has 0 bridgehead atoms. The van der Waals surface area contributed by atoms with Crippen LogP contribution in [0.15, 0.2) is 22.7 Å². The van der Waals surface area contributed by atoms with Gasteiger partial charge in [-0.3, -0.25) is 0 Å². The zero-order chi connectivity index (χ0) is 24.7. The molecule has 178 valence electrons. The number of aromatic nitrogens is 2. The number of ether oxygens (including phenoxy) is 2. The van der Waals surface area contributed by atoms with E-state index in [9.17, 15) is 19.5 Å². The first kappa shape index (κ1) is 24.8. The van der Waals surface area contributed by atoms with Gasteiger partial charge in [0.25, 0.3) is 0 Å². The summed E-state index contributed by atoms with van der Waals surface area (Å²) in [7, 11) is 0. The van der Waals surface area contributed by atoms with Gasteiger partial charge < -0.3 is 19.5 Å². The van der Waals surface area contributed by atoms with Crippen molar-refractivity contribution < 1.29 is 29.0 Å². The van der Waals surface area contributed by atoms with Crippen molar-refractivity contribution in [3.63, 3.8) is 0 Å². The van der Waals surface area contributed by atoms with E-state index in [0.717, 1.165) is 10.3 Å². The molecule has 0 saturated carbocycles. The molecule has 0 unspecified atom stereocenters. The zero-order valence-corrected chi connectivity index (χ0v) is 21.1. The van der Waals surface area contributed by atoms with Crippen molar-refractivity contribution in [2.75, 3.05) is 13.1 Å². The van der Waals surface area contributed by atoms with Gasteiger partial charge in [0.15, 0.2) is 0 Å². The molecule has 0 saturated heterocycles. The molecule has 1 N–H and O–H groups in total. The number of carboxylic acids is 1. The highest BCUT2D eigenvalue weighted by Gasteiger charge is 2.29. The molecule has 1 aliphatic rings. The van der Waals surface area contributed by atoms with Crippen LogP contribution in [0, 0.1) is 0 Å². The van der Waals surface area contributed by atoms with Crippen LogP contribution in [0.5, 0.6) is 0 Å². The fraction of sp³-hybridized carbons (Fsp3) is 0.478. The van der Waals surface area contributed by atoms with Crippen LogP contribution in [-0.4, -0.2) is 62.2 Å². The summed E-state index contributed by atoms with van der Waals surface area (Å²) in [5.74, 6) is -1.19. The maximum Gasteiger partial charge on any atom is 0.435 e. The topological polar surface area (TPSA) is 111 Å². The highest BCUT2D eigenvalue weighted by atomic mass is 79.9. The van der Waals surface area contributed by atoms with Crippen molar-refractivity contribution in [1.29, 1.82) is 0 Å². The summed E-state index contributed by atoms with van der Waals surface area (Å²) >= 11 is 3.36. The fourth-order valence-electron chi connectivity index (χ4n) is 3.43. The number of nitrogens with zero attached hydrogens (tertiary/aromatic N) is 3. The van der Waals surface area contributed by atoms with Crippen molar-refractivity contribution in [2.45, 2.75) is 59.2 Å². The summed E-state index contributed by atoms with van der Waals surface area (Å²) in [6.07, 6.45) is 1.14. The van der Waals surface area contributed by atoms with Crippen LogP contribution >= 0.6 is 15.9 Å². The third kappa shape index (κ3) is 5.73. The van der Waals surface area contributed by atoms with Crippen LogP contribution in [0.2, 0.25) is 0 Å². The molecule has 0 radical (unpaired) electrons. The summed E-state index contributed by atoms with van der Waals surface area (Å²) in [5, 5.41) is 14.7. The van der Waals surface area contributed by atoms with Crippen LogP contribution in [0.25, 0.3) is 16.5 Å². The Bertz CT molecular complexity index is 1150. The molecular formula is C23H28BrN3O6. The number of fused-ring (bicyclic) bond motifs is 1. The quantitative estimate of drug-likeness (QED) is 0.570. The van der Waals surface area contributed by atoms with E-state index in [1.54, 1.807) is 31.7 Å². The molecule has 0 aliphatic carbocycles. The number of aromatic carboxylic acids is 1. The molecule has 0 spiro atoms. The lowest BCUT2D eigenvalue weighted by Gasteiger charge is -2.29. The number of carbonyl (C=O) groups excluding carboxylic acids is 2. The Labute approximate surface area is 200 Å². The Hall–Kier alpha value is -2.88. The molecule has 33 heavy (non-hydrogen) atoms. The Kier molecular flexibility index (Phi) is 6.61. The highest BCUT2D eigenvalue weighted by molar-refractivity contribution is 9.10. The maximum absolute atomic E-state index is 12.9. The minimum atomic E-state index is -1.19. The second kappa shape index (κ2) is 8.81. The normalized spacial score (nSPS) is 14.8. The molecule has 10 heteroatoms. The van der Waals surface area contributed by atoms with Gasteiger partial charge in [0, 0.05) is 22.9 Å². The van der Waals surface area contributed by atoms with Gasteiger partial charge in [-0.1, -0.05) is 22.0 Å². The van der Waals surface area contributed by atoms with Crippen molar-refractivity contribution in [1.82, 2.24) is 14.7 Å². The van der Waals surface area contributed by atoms with Crippen molar-refractivity contribution in [3.05, 3.63) is 33.9 Å². The number of carboxylic acid groups (broad SMARTS) is 1. The highest BCUT2D eigenvalue weighted by Crippen LogP contribution is 2.33. The zero-order valence-electron chi connectivity index (χ0n) is 19.6. The largest absolute Gasteiger partial charge is 0.478 e. The van der Waals surface area contributed by atoms with Crippen LogP contribution in [0.3, 0.4) is 0 Å². The second-order valence-electron chi connectivity index (χ2n) is 9.80. The van der Waals surface area contributed by atoms with Crippen LogP contribution in [0.1, 0.15) is 64.0 Å². The van der Waals surface area contributed by atoms with Crippen molar-refractivity contribution in [2.24, 2.45) is 0 Å². The molecule has 1 amide bonds. The minimum Gasteiger partial charge on any atom is -0.478 e. The molecular weight excluding hydrogens is 494 g/mol. The first-order chi connectivity index (χ1) is 15.2. The molecule has 2 heterocycles. The number of halogens is 1. The molecule has 2 aromatic rings. The van der Waals surface area contributed by atoms with Crippen molar-refractivity contribution in [3.8, 4) is 0 Å². The molecule has 0 fully saturated rings. The number of hydrogen-bond donors (Lipinski definition) is 1. The third-order valence-corrected chi connectivity index (χ3v) is 5.16. The Morgan fingerprint density at radius 1 is 1.03 bits per heavy atom. The molecule has 1 aromatic heterocycles. The third-order valence-electron chi connectivity index (χ3n) is 4.70. The summed E-state index contributed by atoms with van der Waals surface area (Å²) in [4.78, 5) is 38.8. The van der Waals surface area contributed by atoms with E-state index in [-0.39, 0.29) is 11.1 Å². The predicted octanol–water partition coefficient (Wildman–Crippen LogP) is 5.30. The van der Waals surface area contributed by atoms with Crippen LogP contribution < -0.4 is 0 Å². The van der Waals surface area contributed by atoms with Gasteiger partial charge in [0.2, 0.25) is 0 Å². The lowest BCUT2D eigenvalue weighted by molar-refractivity contribution is 0.0270. The first-order valence-corrected chi connectivity index (χ1v) is 11.3. The summed E-state index contributed by atoms with van der Waals surface area (Å²) < 4.78 is 12.4. The van der Waals surface area contributed by atoms with Gasteiger partial charge in [-0.15, -0.1) is 0 Å². The van der Waals surface area contributed by atoms with E-state index in [1.165, 1.54) is 6.07 Å². The molecule has 1 aliphatic heterocycles. The van der Waals surface area contributed by atoms with Gasteiger partial charge in [0.1, 0.15) is 11.2 Å². The number of amides is 1. The van der Waals surface area contributed by atoms with E-state index in [2.05, 4.69) is 21.0 Å². The lowest BCUT2D eigenvalue weighted by atomic mass is 10.0. The summed E-state index contributed by atoms with van der Waals surface area (Å²) in [6.45, 7) is 11.3. The number of benzene rings is 1. The van der Waals surface area contributed by atoms with Gasteiger partial charge in [-0.25, -0.2) is 14.4 Å². The fourth-order valence-corrected chi connectivity index (χ4v) is 3.88. The van der Waals surface area contributed by atoms with E-state index in [4.69, 9.17) is 9.47 Å².